The number of ether oxygens (including phenoxy) is 1. The molecule has 154 valence electrons. The molecule has 0 unspecified atom stereocenters. The van der Waals surface area contributed by atoms with Gasteiger partial charge in [0.1, 0.15) is 6.35 Å². The molecule has 4 N–H and O–H groups in total. The molecule has 0 aliphatic heterocycles. The van der Waals surface area contributed by atoms with Crippen LogP contribution in [0.15, 0.2) is 58.3 Å². The van der Waals surface area contributed by atoms with E-state index in [9.17, 15) is 19.3 Å². The molecule has 0 amide bonds. The summed E-state index contributed by atoms with van der Waals surface area (Å²) in [5.41, 5.74) is 0.00833. The maximum absolute atomic E-state index is 12.2. The van der Waals surface area contributed by atoms with Gasteiger partial charge in [0.15, 0.2) is 0 Å². The van der Waals surface area contributed by atoms with E-state index in [1.54, 1.807) is 0 Å². The minimum absolute atomic E-state index is 0.170. The van der Waals surface area contributed by atoms with Crippen LogP contribution in [0.4, 0.5) is 0 Å². The summed E-state index contributed by atoms with van der Waals surface area (Å²) >= 11 is 0. The van der Waals surface area contributed by atoms with E-state index in [4.69, 9.17) is 14.5 Å². The molecule has 0 spiro atoms. The third kappa shape index (κ3) is 5.72. The lowest BCUT2D eigenvalue weighted by Crippen LogP contribution is -2.36. The fourth-order valence-corrected chi connectivity index (χ4v) is 3.37. The molecule has 3 aromatic rings. The summed E-state index contributed by atoms with van der Waals surface area (Å²) in [7, 11) is -4.41. The Morgan fingerprint density at radius 3 is 2.52 bits per heavy atom. The fourth-order valence-electron chi connectivity index (χ4n) is 2.97. The minimum atomic E-state index is -4.41. The van der Waals surface area contributed by atoms with Gasteiger partial charge in [-0.1, -0.05) is 42.5 Å². The molecule has 0 saturated carbocycles. The Balaban J connectivity index is 1.83. The normalized spacial score (nSPS) is 12.9. The predicted molar refractivity (Wildman–Crippen MR) is 107 cm³/mol. The number of aromatic nitrogens is 2. The molecule has 29 heavy (non-hydrogen) atoms. The number of rotatable bonds is 8. The van der Waals surface area contributed by atoms with Gasteiger partial charge in [0.25, 0.3) is 5.56 Å². The summed E-state index contributed by atoms with van der Waals surface area (Å²) < 4.78 is 17.1. The molecule has 0 aliphatic rings. The number of aliphatic hydroxyl groups excluding tert-OH is 1. The van der Waals surface area contributed by atoms with E-state index in [2.05, 4.69) is 4.98 Å². The van der Waals surface area contributed by atoms with Gasteiger partial charge in [-0.25, -0.2) is 4.79 Å². The lowest BCUT2D eigenvalue weighted by atomic mass is 10.0. The first-order valence-corrected chi connectivity index (χ1v) is 10.6. The van der Waals surface area contributed by atoms with E-state index >= 15 is 0 Å². The highest BCUT2D eigenvalue weighted by Gasteiger charge is 2.19. The average molecular weight is 420 g/mol. The second kappa shape index (κ2) is 8.86. The Morgan fingerprint density at radius 1 is 1.10 bits per heavy atom. The molecule has 1 atom stereocenters. The van der Waals surface area contributed by atoms with Crippen molar-refractivity contribution in [1.29, 1.82) is 0 Å². The average Bonchev–Trinajstić information content (AvgIpc) is 2.67. The molecular weight excluding hydrogens is 399 g/mol. The van der Waals surface area contributed by atoms with E-state index < -0.39 is 37.9 Å². The first-order valence-electron chi connectivity index (χ1n) is 8.82. The molecule has 0 saturated heterocycles. The Kier molecular flexibility index (Phi) is 6.46. The molecule has 10 heteroatoms. The van der Waals surface area contributed by atoms with E-state index in [0.29, 0.717) is 5.56 Å². The summed E-state index contributed by atoms with van der Waals surface area (Å²) in [5.74, 6) is 0. The minimum Gasteiger partial charge on any atom is -0.394 e. The van der Waals surface area contributed by atoms with E-state index in [0.717, 1.165) is 20.9 Å². The summed E-state index contributed by atoms with van der Waals surface area (Å²) in [4.78, 5) is 44.3. The SMILES string of the molecule is O=c1[nH]c(=O)n(C[C@@H](CO)OCP(=O)(O)O)cc1Cc1ccc2ccccc2c1. The Bertz CT molecular complexity index is 1160. The number of aliphatic hydroxyl groups is 1. The van der Waals surface area contributed by atoms with Crippen LogP contribution >= 0.6 is 7.60 Å². The van der Waals surface area contributed by atoms with E-state index in [1.807, 2.05) is 42.5 Å². The Hall–Kier alpha value is -2.55. The van der Waals surface area contributed by atoms with Gasteiger partial charge in [0.2, 0.25) is 0 Å². The van der Waals surface area contributed by atoms with Gasteiger partial charge >= 0.3 is 13.3 Å². The predicted octanol–water partition coefficient (Wildman–Crippen LogP) is 0.793. The van der Waals surface area contributed by atoms with Crippen molar-refractivity contribution in [2.45, 2.75) is 19.1 Å². The van der Waals surface area contributed by atoms with E-state index in [1.165, 1.54) is 6.20 Å². The number of fused-ring (bicyclic) bond motifs is 1. The number of aromatic amines is 1. The molecule has 3 rings (SSSR count). The first-order chi connectivity index (χ1) is 13.7. The zero-order valence-electron chi connectivity index (χ0n) is 15.4. The van der Waals surface area contributed by atoms with Gasteiger partial charge in [0, 0.05) is 18.2 Å². The smallest absolute Gasteiger partial charge is 0.350 e. The number of hydrogen-bond acceptors (Lipinski definition) is 5. The molecule has 1 heterocycles. The highest BCUT2D eigenvalue weighted by molar-refractivity contribution is 7.51. The molecule has 0 fully saturated rings. The van der Waals surface area contributed by atoms with Crippen molar-refractivity contribution in [3.63, 3.8) is 0 Å². The molecule has 0 radical (unpaired) electrons. The van der Waals surface area contributed by atoms with Crippen molar-refractivity contribution in [2.75, 3.05) is 13.0 Å². The molecule has 2 aromatic carbocycles. The van der Waals surface area contributed by atoms with Gasteiger partial charge in [-0.2, -0.15) is 0 Å². The maximum atomic E-state index is 12.2. The first kappa shape index (κ1) is 21.2. The Morgan fingerprint density at radius 2 is 1.83 bits per heavy atom. The van der Waals surface area contributed by atoms with Gasteiger partial charge in [-0.05, 0) is 16.3 Å². The second-order valence-electron chi connectivity index (χ2n) is 6.69. The third-order valence-electron chi connectivity index (χ3n) is 4.38. The van der Waals surface area contributed by atoms with Crippen LogP contribution in [0, 0.1) is 0 Å². The van der Waals surface area contributed by atoms with Gasteiger partial charge < -0.3 is 19.6 Å². The number of nitrogens with zero attached hydrogens (tertiary/aromatic N) is 1. The van der Waals surface area contributed by atoms with Gasteiger partial charge in [-0.15, -0.1) is 0 Å². The highest BCUT2D eigenvalue weighted by Crippen LogP contribution is 2.34. The van der Waals surface area contributed by atoms with Crippen molar-refractivity contribution in [2.24, 2.45) is 0 Å². The molecular formula is C19H21N2O7P. The number of benzene rings is 2. The van der Waals surface area contributed by atoms with E-state index in [-0.39, 0.29) is 13.0 Å². The van der Waals surface area contributed by atoms with Crippen LogP contribution < -0.4 is 11.2 Å². The maximum Gasteiger partial charge on any atom is 0.350 e. The largest absolute Gasteiger partial charge is 0.394 e. The van der Waals surface area contributed by atoms with Crippen LogP contribution in [0.3, 0.4) is 0 Å². The van der Waals surface area contributed by atoms with Crippen LogP contribution in [0.2, 0.25) is 0 Å². The number of H-pyrrole nitrogens is 1. The van der Waals surface area contributed by atoms with Crippen LogP contribution in [0.1, 0.15) is 11.1 Å². The summed E-state index contributed by atoms with van der Waals surface area (Å²) in [6, 6.07) is 13.6. The number of nitrogens with one attached hydrogen (secondary N) is 1. The fraction of sp³-hybridized carbons (Fsp3) is 0.263. The van der Waals surface area contributed by atoms with Crippen LogP contribution in [0.25, 0.3) is 10.8 Å². The zero-order valence-corrected chi connectivity index (χ0v) is 16.3. The lowest BCUT2D eigenvalue weighted by Gasteiger charge is -2.17. The third-order valence-corrected chi connectivity index (χ3v) is 4.86. The monoisotopic (exact) mass is 420 g/mol. The summed E-state index contributed by atoms with van der Waals surface area (Å²) in [6.45, 7) is -0.720. The number of hydrogen-bond donors (Lipinski definition) is 4. The highest BCUT2D eigenvalue weighted by atomic mass is 31.2. The summed E-state index contributed by atoms with van der Waals surface area (Å²) in [5, 5.41) is 11.5. The standard InChI is InChI=1S/C19H21N2O7P/c22-11-17(28-12-29(25,26)27)10-21-9-16(18(23)20-19(21)24)8-13-5-6-14-3-1-2-4-15(14)7-13/h1-7,9,17,22H,8,10-12H2,(H,20,23,24)(H2,25,26,27)/t17-/m0/s1. The van der Waals surface area contributed by atoms with Crippen molar-refractivity contribution >= 4 is 18.4 Å². The topological polar surface area (TPSA) is 142 Å². The summed E-state index contributed by atoms with van der Waals surface area (Å²) in [6.07, 6.45) is -0.229. The molecule has 9 nitrogen and oxygen atoms in total. The lowest BCUT2D eigenvalue weighted by molar-refractivity contribution is 0.0188. The van der Waals surface area contributed by atoms with Crippen molar-refractivity contribution in [3.05, 3.63) is 80.6 Å². The van der Waals surface area contributed by atoms with Crippen molar-refractivity contribution in [3.8, 4) is 0 Å². The van der Waals surface area contributed by atoms with Crippen LogP contribution in [0.5, 0.6) is 0 Å². The zero-order chi connectivity index (χ0) is 21.0. The quantitative estimate of drug-likeness (QED) is 0.395. The van der Waals surface area contributed by atoms with Gasteiger partial charge in [0.05, 0.1) is 19.3 Å². The van der Waals surface area contributed by atoms with Crippen molar-refractivity contribution < 1.29 is 24.2 Å². The molecule has 0 bridgehead atoms. The molecule has 0 aliphatic carbocycles. The van der Waals surface area contributed by atoms with Crippen LogP contribution in [-0.2, 0) is 22.3 Å². The van der Waals surface area contributed by atoms with Crippen molar-refractivity contribution in [1.82, 2.24) is 9.55 Å². The van der Waals surface area contributed by atoms with Gasteiger partial charge in [-0.3, -0.25) is 18.9 Å². The second-order valence-corrected chi connectivity index (χ2v) is 8.28. The molecule has 1 aromatic heterocycles. The Labute approximate surface area is 165 Å². The van der Waals surface area contributed by atoms with Crippen LogP contribution in [-0.4, -0.2) is 43.5 Å².